The van der Waals surface area contributed by atoms with Crippen LogP contribution in [0.25, 0.3) is 0 Å². The van der Waals surface area contributed by atoms with Gasteiger partial charge >= 0.3 is 18.4 Å². The van der Waals surface area contributed by atoms with E-state index in [2.05, 4.69) is 5.32 Å². The third kappa shape index (κ3) is 2.76. The second-order valence-corrected chi connectivity index (χ2v) is 5.27. The van der Waals surface area contributed by atoms with E-state index >= 15 is 0 Å². The third-order valence-corrected chi connectivity index (χ3v) is 3.75. The number of hydrogen-bond acceptors (Lipinski definition) is 3. The second kappa shape index (κ2) is 5.80. The molecule has 1 heterocycles. The Kier molecular flexibility index (Phi) is 4.34. The molecule has 0 radical (unpaired) electrons. The molecule has 9 heteroatoms. The van der Waals surface area contributed by atoms with Gasteiger partial charge in [-0.2, -0.15) is 8.78 Å². The van der Waals surface area contributed by atoms with Crippen LogP contribution >= 0.6 is 0 Å². The van der Waals surface area contributed by atoms with E-state index in [0.717, 1.165) is 6.92 Å². The topological polar surface area (TPSA) is 78.4 Å². The maximum absolute atomic E-state index is 13.9. The first-order valence-electron chi connectivity index (χ1n) is 6.63. The molecule has 3 atom stereocenters. The van der Waals surface area contributed by atoms with E-state index in [9.17, 15) is 32.3 Å². The fraction of sp³-hybridized carbons (Fsp3) is 0.429. The van der Waals surface area contributed by atoms with Gasteiger partial charge in [-0.15, -0.1) is 0 Å². The normalized spacial score (nSPS) is 28.2. The van der Waals surface area contributed by atoms with Crippen LogP contribution in [0.3, 0.4) is 0 Å². The van der Waals surface area contributed by atoms with E-state index in [1.54, 1.807) is 6.07 Å². The standard InChI is InChI=1S/C14H14F4N2O3/c1-7(21)9-10(8-5-3-2-4-6-8)19-12(22)20-14(9,23)13(17,18)11(15)16/h2-6,9-11,23H,1H3,(H2,19,20,22)/t9-,10-,14+/m0/s1. The van der Waals surface area contributed by atoms with E-state index < -0.39 is 41.8 Å². The Balaban J connectivity index is 2.58. The van der Waals surface area contributed by atoms with Gasteiger partial charge in [0, 0.05) is 0 Å². The van der Waals surface area contributed by atoms with Crippen LogP contribution in [0.2, 0.25) is 0 Å². The van der Waals surface area contributed by atoms with Gasteiger partial charge in [0.1, 0.15) is 5.78 Å². The molecule has 1 aliphatic heterocycles. The Hall–Kier alpha value is -2.16. The third-order valence-electron chi connectivity index (χ3n) is 3.75. The molecule has 126 valence electrons. The maximum atomic E-state index is 13.9. The summed E-state index contributed by atoms with van der Waals surface area (Å²) in [5, 5.41) is 13.8. The van der Waals surface area contributed by atoms with Crippen molar-refractivity contribution in [3.8, 4) is 0 Å². The summed E-state index contributed by atoms with van der Waals surface area (Å²) in [6.07, 6.45) is -4.27. The zero-order chi connectivity index (χ0) is 17.4. The number of alkyl halides is 4. The molecule has 1 fully saturated rings. The van der Waals surface area contributed by atoms with Crippen LogP contribution in [0.4, 0.5) is 22.4 Å². The average molecular weight is 334 g/mol. The number of halogens is 4. The zero-order valence-electron chi connectivity index (χ0n) is 11.9. The molecule has 0 saturated carbocycles. The smallest absolute Gasteiger partial charge is 0.354 e. The van der Waals surface area contributed by atoms with Gasteiger partial charge in [0.05, 0.1) is 12.0 Å². The lowest BCUT2D eigenvalue weighted by molar-refractivity contribution is -0.272. The number of hydrogen-bond donors (Lipinski definition) is 3. The molecule has 2 amide bonds. The largest absolute Gasteiger partial charge is 0.365 e. The minimum atomic E-state index is -5.02. The minimum Gasteiger partial charge on any atom is -0.365 e. The maximum Gasteiger partial charge on any atom is 0.354 e. The van der Waals surface area contributed by atoms with Crippen molar-refractivity contribution in [2.75, 3.05) is 0 Å². The molecule has 5 nitrogen and oxygen atoms in total. The Labute approximate surface area is 128 Å². The highest BCUT2D eigenvalue weighted by atomic mass is 19.3. The van der Waals surface area contributed by atoms with E-state index in [0.29, 0.717) is 0 Å². The molecule has 3 N–H and O–H groups in total. The predicted molar refractivity (Wildman–Crippen MR) is 70.9 cm³/mol. The van der Waals surface area contributed by atoms with Crippen LogP contribution in [0, 0.1) is 5.92 Å². The van der Waals surface area contributed by atoms with Crippen molar-refractivity contribution in [2.24, 2.45) is 5.92 Å². The number of aliphatic hydroxyl groups is 1. The Bertz CT molecular complexity index is 611. The molecule has 0 spiro atoms. The van der Waals surface area contributed by atoms with Crippen LogP contribution in [0.15, 0.2) is 30.3 Å². The number of rotatable bonds is 4. The van der Waals surface area contributed by atoms with E-state index in [-0.39, 0.29) is 5.56 Å². The van der Waals surface area contributed by atoms with Gasteiger partial charge in [0.15, 0.2) is 0 Å². The van der Waals surface area contributed by atoms with Crippen molar-refractivity contribution >= 4 is 11.8 Å². The molecule has 2 rings (SSSR count). The summed E-state index contributed by atoms with van der Waals surface area (Å²) >= 11 is 0. The van der Waals surface area contributed by atoms with Gasteiger partial charge < -0.3 is 15.7 Å². The van der Waals surface area contributed by atoms with Gasteiger partial charge in [-0.25, -0.2) is 13.6 Å². The lowest BCUT2D eigenvalue weighted by atomic mass is 9.77. The molecule has 1 aliphatic rings. The summed E-state index contributed by atoms with van der Waals surface area (Å²) in [5.41, 5.74) is -3.48. The lowest BCUT2D eigenvalue weighted by Crippen LogP contribution is -2.75. The summed E-state index contributed by atoms with van der Waals surface area (Å²) < 4.78 is 53.3. The van der Waals surface area contributed by atoms with Gasteiger partial charge in [-0.05, 0) is 12.5 Å². The number of urea groups is 1. The van der Waals surface area contributed by atoms with Crippen LogP contribution in [-0.4, -0.2) is 35.0 Å². The van der Waals surface area contributed by atoms with Crippen LogP contribution in [0.5, 0.6) is 0 Å². The molecule has 0 bridgehead atoms. The molecule has 23 heavy (non-hydrogen) atoms. The molecular formula is C14H14F4N2O3. The average Bonchev–Trinajstić information content (AvgIpc) is 2.46. The van der Waals surface area contributed by atoms with Crippen molar-refractivity contribution in [1.82, 2.24) is 10.6 Å². The number of Topliss-reactive ketones (excluding diaryl/α,β-unsaturated/α-hetero) is 1. The molecule has 0 aliphatic carbocycles. The number of ketones is 1. The van der Waals surface area contributed by atoms with Crippen molar-refractivity contribution in [2.45, 2.75) is 31.0 Å². The van der Waals surface area contributed by atoms with E-state index in [1.165, 1.54) is 29.6 Å². The first kappa shape index (κ1) is 17.2. The minimum absolute atomic E-state index is 0.228. The van der Waals surface area contributed by atoms with Gasteiger partial charge in [0.25, 0.3) is 0 Å². The highest BCUT2D eigenvalue weighted by Gasteiger charge is 2.68. The van der Waals surface area contributed by atoms with Crippen LogP contribution in [0.1, 0.15) is 18.5 Å². The molecule has 0 aromatic heterocycles. The van der Waals surface area contributed by atoms with Crippen LogP contribution < -0.4 is 10.6 Å². The number of benzene rings is 1. The van der Waals surface area contributed by atoms with Crippen LogP contribution in [-0.2, 0) is 4.79 Å². The number of amides is 2. The predicted octanol–water partition coefficient (Wildman–Crippen LogP) is 1.83. The Morgan fingerprint density at radius 1 is 1.30 bits per heavy atom. The Morgan fingerprint density at radius 3 is 2.35 bits per heavy atom. The highest BCUT2D eigenvalue weighted by Crippen LogP contribution is 2.44. The lowest BCUT2D eigenvalue weighted by Gasteiger charge is -2.47. The quantitative estimate of drug-likeness (QED) is 0.735. The first-order chi connectivity index (χ1) is 10.6. The fourth-order valence-electron chi connectivity index (χ4n) is 2.67. The summed E-state index contributed by atoms with van der Waals surface area (Å²) in [6, 6.07) is 4.84. The van der Waals surface area contributed by atoms with Gasteiger partial charge in [-0.3, -0.25) is 4.79 Å². The number of nitrogens with one attached hydrogen (secondary N) is 2. The van der Waals surface area contributed by atoms with Crippen molar-refractivity contribution < 1.29 is 32.3 Å². The highest BCUT2D eigenvalue weighted by molar-refractivity contribution is 5.86. The first-order valence-corrected chi connectivity index (χ1v) is 6.63. The van der Waals surface area contributed by atoms with E-state index in [4.69, 9.17) is 0 Å². The summed E-state index contributed by atoms with van der Waals surface area (Å²) in [6.45, 7) is 0.881. The van der Waals surface area contributed by atoms with E-state index in [1.807, 2.05) is 0 Å². The Morgan fingerprint density at radius 2 is 1.87 bits per heavy atom. The van der Waals surface area contributed by atoms with Gasteiger partial charge in [-0.1, -0.05) is 30.3 Å². The molecule has 1 saturated heterocycles. The second-order valence-electron chi connectivity index (χ2n) is 5.27. The zero-order valence-corrected chi connectivity index (χ0v) is 11.9. The number of carbonyl (C=O) groups is 2. The molecule has 1 aromatic rings. The van der Waals surface area contributed by atoms with Crippen molar-refractivity contribution in [3.63, 3.8) is 0 Å². The monoisotopic (exact) mass is 334 g/mol. The molecular weight excluding hydrogens is 320 g/mol. The summed E-state index contributed by atoms with van der Waals surface area (Å²) in [5.74, 6) is -8.01. The molecule has 0 unspecified atom stereocenters. The SMILES string of the molecule is CC(=O)[C@H]1[C@H](c2ccccc2)NC(=O)N[C@]1(O)C(F)(F)C(F)F. The number of carbonyl (C=O) groups excluding carboxylic acids is 2. The summed E-state index contributed by atoms with van der Waals surface area (Å²) in [4.78, 5) is 23.5. The van der Waals surface area contributed by atoms with Gasteiger partial charge in [0.2, 0.25) is 5.72 Å². The van der Waals surface area contributed by atoms with Crippen molar-refractivity contribution in [3.05, 3.63) is 35.9 Å². The molecule has 1 aromatic carbocycles. The summed E-state index contributed by atoms with van der Waals surface area (Å²) in [7, 11) is 0. The fourth-order valence-corrected chi connectivity index (χ4v) is 2.67. The van der Waals surface area contributed by atoms with Crippen molar-refractivity contribution in [1.29, 1.82) is 0 Å².